The lowest BCUT2D eigenvalue weighted by atomic mass is 9.88. The minimum Gasteiger partial charge on any atom is -0.481 e. The minimum atomic E-state index is -0.852. The summed E-state index contributed by atoms with van der Waals surface area (Å²) < 4.78 is 0. The molecule has 102 valence electrons. The van der Waals surface area contributed by atoms with Crippen LogP contribution in [-0.4, -0.2) is 17.0 Å². The first-order valence-electron chi connectivity index (χ1n) is 6.62. The van der Waals surface area contributed by atoms with Gasteiger partial charge in [0.05, 0.1) is 6.42 Å². The van der Waals surface area contributed by atoms with Crippen molar-refractivity contribution in [2.45, 2.75) is 39.0 Å². The van der Waals surface area contributed by atoms with Crippen LogP contribution in [0, 0.1) is 5.41 Å². The lowest BCUT2D eigenvalue weighted by Crippen LogP contribution is -2.30. The Morgan fingerprint density at radius 3 is 2.32 bits per heavy atom. The summed E-state index contributed by atoms with van der Waals surface area (Å²) >= 11 is 0. The second-order valence-electron chi connectivity index (χ2n) is 5.49. The Morgan fingerprint density at radius 1 is 1.21 bits per heavy atom. The van der Waals surface area contributed by atoms with Crippen LogP contribution in [0.4, 0.5) is 5.69 Å². The van der Waals surface area contributed by atoms with Crippen molar-refractivity contribution in [3.8, 4) is 0 Å². The average Bonchev–Trinajstić information content (AvgIpc) is 2.79. The molecule has 0 spiro atoms. The standard InChI is InChI=1S/C15H19NO3/c1-15(8-2-3-9-15)14(19)16-12-6-4-11(5-7-12)10-13(17)18/h4-7H,2-3,8-10H2,1H3,(H,16,19)(H,17,18). The van der Waals surface area contributed by atoms with Gasteiger partial charge in [0.25, 0.3) is 0 Å². The van der Waals surface area contributed by atoms with Gasteiger partial charge in [-0.15, -0.1) is 0 Å². The number of carboxylic acid groups (broad SMARTS) is 1. The van der Waals surface area contributed by atoms with Crippen molar-refractivity contribution >= 4 is 17.6 Å². The van der Waals surface area contributed by atoms with E-state index >= 15 is 0 Å². The highest BCUT2D eigenvalue weighted by atomic mass is 16.4. The lowest BCUT2D eigenvalue weighted by Gasteiger charge is -2.22. The van der Waals surface area contributed by atoms with Crippen molar-refractivity contribution in [1.29, 1.82) is 0 Å². The van der Waals surface area contributed by atoms with E-state index in [-0.39, 0.29) is 17.7 Å². The van der Waals surface area contributed by atoms with E-state index in [2.05, 4.69) is 5.32 Å². The van der Waals surface area contributed by atoms with E-state index in [0.717, 1.165) is 36.9 Å². The number of carboxylic acids is 1. The maximum atomic E-state index is 12.2. The number of benzene rings is 1. The molecule has 1 aromatic carbocycles. The molecule has 0 atom stereocenters. The van der Waals surface area contributed by atoms with Crippen LogP contribution in [-0.2, 0) is 16.0 Å². The third-order valence-electron chi connectivity index (χ3n) is 3.82. The van der Waals surface area contributed by atoms with E-state index in [1.165, 1.54) is 0 Å². The third kappa shape index (κ3) is 3.34. The normalized spacial score (nSPS) is 17.1. The van der Waals surface area contributed by atoms with Gasteiger partial charge in [-0.1, -0.05) is 31.9 Å². The predicted octanol–water partition coefficient (Wildman–Crippen LogP) is 2.83. The molecule has 2 N–H and O–H groups in total. The first-order valence-corrected chi connectivity index (χ1v) is 6.62. The molecule has 4 nitrogen and oxygen atoms in total. The Bertz CT molecular complexity index is 473. The van der Waals surface area contributed by atoms with E-state index < -0.39 is 5.97 Å². The second kappa shape index (κ2) is 5.43. The number of carbonyl (C=O) groups is 2. The number of nitrogens with one attached hydrogen (secondary N) is 1. The quantitative estimate of drug-likeness (QED) is 0.875. The van der Waals surface area contributed by atoms with E-state index in [1.807, 2.05) is 6.92 Å². The molecule has 0 radical (unpaired) electrons. The van der Waals surface area contributed by atoms with Gasteiger partial charge in [-0.3, -0.25) is 9.59 Å². The smallest absolute Gasteiger partial charge is 0.307 e. The number of rotatable bonds is 4. The third-order valence-corrected chi connectivity index (χ3v) is 3.82. The zero-order valence-corrected chi connectivity index (χ0v) is 11.1. The Kier molecular flexibility index (Phi) is 3.88. The molecule has 0 aromatic heterocycles. The van der Waals surface area contributed by atoms with E-state index in [0.29, 0.717) is 0 Å². The molecule has 4 heteroatoms. The highest BCUT2D eigenvalue weighted by molar-refractivity contribution is 5.95. The molecule has 1 fully saturated rings. The minimum absolute atomic E-state index is 0.00589. The van der Waals surface area contributed by atoms with Gasteiger partial charge in [-0.05, 0) is 30.5 Å². The molecule has 19 heavy (non-hydrogen) atoms. The van der Waals surface area contributed by atoms with E-state index in [1.54, 1.807) is 24.3 Å². The summed E-state index contributed by atoms with van der Waals surface area (Å²) in [5.74, 6) is -0.786. The highest BCUT2D eigenvalue weighted by Gasteiger charge is 2.36. The molecule has 1 aliphatic carbocycles. The number of carbonyl (C=O) groups excluding carboxylic acids is 1. The highest BCUT2D eigenvalue weighted by Crippen LogP contribution is 2.38. The molecule has 0 bridgehead atoms. The Morgan fingerprint density at radius 2 is 1.79 bits per heavy atom. The van der Waals surface area contributed by atoms with Crippen LogP contribution in [0.2, 0.25) is 0 Å². The van der Waals surface area contributed by atoms with Crippen LogP contribution in [0.1, 0.15) is 38.2 Å². The number of aliphatic carboxylic acids is 1. The summed E-state index contributed by atoms with van der Waals surface area (Å²) in [6.45, 7) is 2.01. The van der Waals surface area contributed by atoms with Gasteiger partial charge in [0, 0.05) is 11.1 Å². The molecular weight excluding hydrogens is 242 g/mol. The van der Waals surface area contributed by atoms with Crippen molar-refractivity contribution in [1.82, 2.24) is 0 Å². The van der Waals surface area contributed by atoms with Crippen molar-refractivity contribution in [3.63, 3.8) is 0 Å². The van der Waals surface area contributed by atoms with Crippen LogP contribution in [0.15, 0.2) is 24.3 Å². The average molecular weight is 261 g/mol. The summed E-state index contributed by atoms with van der Waals surface area (Å²) in [5, 5.41) is 11.6. The fraction of sp³-hybridized carbons (Fsp3) is 0.467. The van der Waals surface area contributed by atoms with Crippen molar-refractivity contribution in [3.05, 3.63) is 29.8 Å². The van der Waals surface area contributed by atoms with Gasteiger partial charge in [0.2, 0.25) is 5.91 Å². The largest absolute Gasteiger partial charge is 0.481 e. The van der Waals surface area contributed by atoms with Crippen molar-refractivity contribution < 1.29 is 14.7 Å². The molecule has 0 heterocycles. The number of amides is 1. The van der Waals surface area contributed by atoms with Gasteiger partial charge in [-0.2, -0.15) is 0 Å². The molecule has 1 aliphatic rings. The SMILES string of the molecule is CC1(C(=O)Nc2ccc(CC(=O)O)cc2)CCCC1. The first kappa shape index (κ1) is 13.6. The summed E-state index contributed by atoms with van der Waals surface area (Å²) in [6, 6.07) is 6.99. The topological polar surface area (TPSA) is 66.4 Å². The summed E-state index contributed by atoms with van der Waals surface area (Å²) in [6.07, 6.45) is 4.11. The van der Waals surface area contributed by atoms with Crippen LogP contribution in [0.25, 0.3) is 0 Å². The number of hydrogen-bond donors (Lipinski definition) is 2. The Balaban J connectivity index is 1.99. The van der Waals surface area contributed by atoms with Crippen LogP contribution >= 0.6 is 0 Å². The second-order valence-corrected chi connectivity index (χ2v) is 5.49. The Labute approximate surface area is 112 Å². The molecule has 0 aliphatic heterocycles. The van der Waals surface area contributed by atoms with Gasteiger partial charge in [-0.25, -0.2) is 0 Å². The van der Waals surface area contributed by atoms with Crippen LogP contribution < -0.4 is 5.32 Å². The molecular formula is C15H19NO3. The van der Waals surface area contributed by atoms with Gasteiger partial charge < -0.3 is 10.4 Å². The Hall–Kier alpha value is -1.84. The molecule has 1 saturated carbocycles. The zero-order valence-electron chi connectivity index (χ0n) is 11.1. The van der Waals surface area contributed by atoms with Gasteiger partial charge >= 0.3 is 5.97 Å². The number of anilines is 1. The summed E-state index contributed by atoms with van der Waals surface area (Å²) in [7, 11) is 0. The van der Waals surface area contributed by atoms with Crippen LogP contribution in [0.5, 0.6) is 0 Å². The maximum absolute atomic E-state index is 12.2. The predicted molar refractivity (Wildman–Crippen MR) is 73.0 cm³/mol. The zero-order chi connectivity index (χ0) is 13.9. The summed E-state index contributed by atoms with van der Waals surface area (Å²) in [5.41, 5.74) is 1.21. The molecule has 0 unspecified atom stereocenters. The van der Waals surface area contributed by atoms with E-state index in [9.17, 15) is 9.59 Å². The van der Waals surface area contributed by atoms with Gasteiger partial charge in [0.1, 0.15) is 0 Å². The van der Waals surface area contributed by atoms with E-state index in [4.69, 9.17) is 5.11 Å². The lowest BCUT2D eigenvalue weighted by molar-refractivity contribution is -0.136. The van der Waals surface area contributed by atoms with Crippen LogP contribution in [0.3, 0.4) is 0 Å². The van der Waals surface area contributed by atoms with Gasteiger partial charge in [0.15, 0.2) is 0 Å². The molecule has 0 saturated heterocycles. The maximum Gasteiger partial charge on any atom is 0.307 e. The summed E-state index contributed by atoms with van der Waals surface area (Å²) in [4.78, 5) is 22.8. The van der Waals surface area contributed by atoms with Crippen molar-refractivity contribution in [2.24, 2.45) is 5.41 Å². The van der Waals surface area contributed by atoms with Crippen molar-refractivity contribution in [2.75, 3.05) is 5.32 Å². The molecule has 1 aromatic rings. The molecule has 1 amide bonds. The number of hydrogen-bond acceptors (Lipinski definition) is 2. The fourth-order valence-electron chi connectivity index (χ4n) is 2.54. The first-order chi connectivity index (χ1) is 8.99. The molecule has 2 rings (SSSR count). The monoisotopic (exact) mass is 261 g/mol. The fourth-order valence-corrected chi connectivity index (χ4v) is 2.54.